The van der Waals surface area contributed by atoms with Crippen molar-refractivity contribution in [1.82, 2.24) is 4.72 Å². The first kappa shape index (κ1) is 18.6. The summed E-state index contributed by atoms with van der Waals surface area (Å²) in [6.07, 6.45) is 1.67. The summed E-state index contributed by atoms with van der Waals surface area (Å²) in [4.78, 5) is 12.4. The Bertz CT molecular complexity index is 822. The molecule has 0 aliphatic rings. The SMILES string of the molecule is CCCCNS(=O)(=O)c1cccc(C(=O)Nc2ccccc2Br)c1. The quantitative estimate of drug-likeness (QED) is 0.681. The van der Waals surface area contributed by atoms with Crippen molar-refractivity contribution in [3.05, 3.63) is 58.6 Å². The first-order valence-corrected chi connectivity index (χ1v) is 9.87. The van der Waals surface area contributed by atoms with E-state index in [0.29, 0.717) is 12.2 Å². The summed E-state index contributed by atoms with van der Waals surface area (Å²) in [7, 11) is -3.61. The van der Waals surface area contributed by atoms with Crippen LogP contribution in [-0.2, 0) is 10.0 Å². The number of benzene rings is 2. The molecule has 2 N–H and O–H groups in total. The fourth-order valence-electron chi connectivity index (χ4n) is 2.03. The number of anilines is 1. The van der Waals surface area contributed by atoms with Crippen LogP contribution in [0.15, 0.2) is 57.9 Å². The molecule has 0 bridgehead atoms. The Morgan fingerprint density at radius 1 is 1.12 bits per heavy atom. The summed E-state index contributed by atoms with van der Waals surface area (Å²) in [5, 5.41) is 2.76. The molecule has 1 amide bonds. The Hall–Kier alpha value is -1.70. The number of para-hydroxylation sites is 1. The van der Waals surface area contributed by atoms with Crippen LogP contribution in [0.2, 0.25) is 0 Å². The van der Waals surface area contributed by atoms with E-state index in [9.17, 15) is 13.2 Å². The van der Waals surface area contributed by atoms with E-state index in [1.807, 2.05) is 19.1 Å². The van der Waals surface area contributed by atoms with Crippen molar-refractivity contribution < 1.29 is 13.2 Å². The van der Waals surface area contributed by atoms with Gasteiger partial charge in [0.2, 0.25) is 10.0 Å². The molecule has 2 rings (SSSR count). The van der Waals surface area contributed by atoms with E-state index in [4.69, 9.17) is 0 Å². The fraction of sp³-hybridized carbons (Fsp3) is 0.235. The molecule has 0 saturated heterocycles. The monoisotopic (exact) mass is 410 g/mol. The van der Waals surface area contributed by atoms with Gasteiger partial charge in [-0.15, -0.1) is 0 Å². The van der Waals surface area contributed by atoms with Gasteiger partial charge in [0, 0.05) is 16.6 Å². The second kappa shape index (κ2) is 8.41. The van der Waals surface area contributed by atoms with Gasteiger partial charge < -0.3 is 5.32 Å². The van der Waals surface area contributed by atoms with E-state index in [1.165, 1.54) is 12.1 Å². The zero-order valence-corrected chi connectivity index (χ0v) is 15.7. The number of carbonyl (C=O) groups excluding carboxylic acids is 1. The number of rotatable bonds is 7. The third kappa shape index (κ3) is 4.90. The van der Waals surface area contributed by atoms with Crippen molar-refractivity contribution in [2.45, 2.75) is 24.7 Å². The third-order valence-electron chi connectivity index (χ3n) is 3.35. The first-order valence-electron chi connectivity index (χ1n) is 7.59. The van der Waals surface area contributed by atoms with Crippen molar-refractivity contribution in [2.75, 3.05) is 11.9 Å². The molecule has 0 unspecified atom stereocenters. The molecule has 0 aliphatic heterocycles. The van der Waals surface area contributed by atoms with E-state index in [1.54, 1.807) is 24.3 Å². The van der Waals surface area contributed by atoms with E-state index in [2.05, 4.69) is 26.0 Å². The smallest absolute Gasteiger partial charge is 0.255 e. The van der Waals surface area contributed by atoms with Gasteiger partial charge in [0.25, 0.3) is 5.91 Å². The maximum absolute atomic E-state index is 12.4. The number of carbonyl (C=O) groups is 1. The van der Waals surface area contributed by atoms with E-state index in [0.717, 1.165) is 17.3 Å². The molecule has 0 atom stereocenters. The standard InChI is InChI=1S/C17H19BrN2O3S/c1-2-3-11-19-24(22,23)14-8-6-7-13(12-14)17(21)20-16-10-5-4-9-15(16)18/h4-10,12,19H,2-3,11H2,1H3,(H,20,21). The molecule has 0 fully saturated rings. The van der Waals surface area contributed by atoms with Crippen LogP contribution in [0.1, 0.15) is 30.1 Å². The molecule has 2 aromatic carbocycles. The summed E-state index contributed by atoms with van der Waals surface area (Å²) < 4.78 is 27.8. The Balaban J connectivity index is 2.18. The maximum atomic E-state index is 12.4. The van der Waals surface area contributed by atoms with Gasteiger partial charge in [-0.3, -0.25) is 4.79 Å². The first-order chi connectivity index (χ1) is 11.4. The van der Waals surface area contributed by atoms with Gasteiger partial charge in [0.05, 0.1) is 10.6 Å². The molecule has 5 nitrogen and oxygen atoms in total. The average molecular weight is 411 g/mol. The molecule has 0 saturated carbocycles. The molecule has 0 heterocycles. The number of halogens is 1. The van der Waals surface area contributed by atoms with Gasteiger partial charge in [0.15, 0.2) is 0 Å². The average Bonchev–Trinajstić information content (AvgIpc) is 2.57. The predicted octanol–water partition coefficient (Wildman–Crippen LogP) is 3.78. The Morgan fingerprint density at radius 2 is 1.88 bits per heavy atom. The highest BCUT2D eigenvalue weighted by Crippen LogP contribution is 2.22. The zero-order chi connectivity index (χ0) is 17.6. The molecule has 24 heavy (non-hydrogen) atoms. The molecule has 0 spiro atoms. The molecule has 0 aromatic heterocycles. The van der Waals surface area contributed by atoms with Crippen LogP contribution in [0.25, 0.3) is 0 Å². The summed E-state index contributed by atoms with van der Waals surface area (Å²) >= 11 is 3.36. The summed E-state index contributed by atoms with van der Waals surface area (Å²) in [5.74, 6) is -0.368. The molecule has 128 valence electrons. The van der Waals surface area contributed by atoms with Gasteiger partial charge in [-0.05, 0) is 52.7 Å². The minimum absolute atomic E-state index is 0.0818. The van der Waals surface area contributed by atoms with Crippen LogP contribution in [0.4, 0.5) is 5.69 Å². The predicted molar refractivity (Wildman–Crippen MR) is 98.6 cm³/mol. The summed E-state index contributed by atoms with van der Waals surface area (Å²) in [6.45, 7) is 2.37. The van der Waals surface area contributed by atoms with Crippen molar-refractivity contribution in [3.63, 3.8) is 0 Å². The number of unbranched alkanes of at least 4 members (excludes halogenated alkanes) is 1. The van der Waals surface area contributed by atoms with Crippen LogP contribution in [-0.4, -0.2) is 20.9 Å². The summed E-state index contributed by atoms with van der Waals surface area (Å²) in [5.41, 5.74) is 0.904. The number of amides is 1. The van der Waals surface area contributed by atoms with Crippen LogP contribution < -0.4 is 10.0 Å². The topological polar surface area (TPSA) is 75.3 Å². The summed E-state index contributed by atoms with van der Waals surface area (Å²) in [6, 6.07) is 13.2. The normalized spacial score (nSPS) is 11.2. The van der Waals surface area contributed by atoms with Gasteiger partial charge in [-0.25, -0.2) is 13.1 Å². The number of hydrogen-bond acceptors (Lipinski definition) is 3. The largest absolute Gasteiger partial charge is 0.321 e. The van der Waals surface area contributed by atoms with E-state index in [-0.39, 0.29) is 16.4 Å². The lowest BCUT2D eigenvalue weighted by Gasteiger charge is -2.09. The van der Waals surface area contributed by atoms with Gasteiger partial charge in [0.1, 0.15) is 0 Å². The molecular formula is C17H19BrN2O3S. The second-order valence-corrected chi connectivity index (χ2v) is 7.83. The van der Waals surface area contributed by atoms with Crippen molar-refractivity contribution >= 4 is 37.5 Å². The van der Waals surface area contributed by atoms with Crippen LogP contribution in [0, 0.1) is 0 Å². The number of nitrogens with one attached hydrogen (secondary N) is 2. The number of hydrogen-bond donors (Lipinski definition) is 2. The fourth-order valence-corrected chi connectivity index (χ4v) is 3.53. The van der Waals surface area contributed by atoms with Crippen molar-refractivity contribution in [2.24, 2.45) is 0 Å². The van der Waals surface area contributed by atoms with Gasteiger partial charge in [-0.2, -0.15) is 0 Å². The highest BCUT2D eigenvalue weighted by Gasteiger charge is 2.16. The lowest BCUT2D eigenvalue weighted by atomic mass is 10.2. The highest BCUT2D eigenvalue weighted by atomic mass is 79.9. The Kier molecular flexibility index (Phi) is 6.53. The van der Waals surface area contributed by atoms with Crippen molar-refractivity contribution in [3.8, 4) is 0 Å². The minimum Gasteiger partial charge on any atom is -0.321 e. The van der Waals surface area contributed by atoms with E-state index < -0.39 is 10.0 Å². The Labute approximate surface area is 150 Å². The molecule has 0 aliphatic carbocycles. The van der Waals surface area contributed by atoms with Gasteiger partial charge in [-0.1, -0.05) is 31.5 Å². The maximum Gasteiger partial charge on any atom is 0.255 e. The van der Waals surface area contributed by atoms with Crippen LogP contribution in [0.5, 0.6) is 0 Å². The second-order valence-electron chi connectivity index (χ2n) is 5.21. The molecule has 0 radical (unpaired) electrons. The van der Waals surface area contributed by atoms with Gasteiger partial charge >= 0.3 is 0 Å². The van der Waals surface area contributed by atoms with Crippen LogP contribution in [0.3, 0.4) is 0 Å². The molecule has 7 heteroatoms. The highest BCUT2D eigenvalue weighted by molar-refractivity contribution is 9.10. The van der Waals surface area contributed by atoms with Crippen molar-refractivity contribution in [1.29, 1.82) is 0 Å². The third-order valence-corrected chi connectivity index (χ3v) is 5.50. The molecular weight excluding hydrogens is 392 g/mol. The van der Waals surface area contributed by atoms with Crippen LogP contribution >= 0.6 is 15.9 Å². The lowest BCUT2D eigenvalue weighted by molar-refractivity contribution is 0.102. The number of sulfonamides is 1. The minimum atomic E-state index is -3.61. The molecule has 2 aromatic rings. The van der Waals surface area contributed by atoms with E-state index >= 15 is 0 Å². The lowest BCUT2D eigenvalue weighted by Crippen LogP contribution is -2.25. The Morgan fingerprint density at radius 3 is 2.58 bits per heavy atom. The zero-order valence-electron chi connectivity index (χ0n) is 13.3.